The number of alkyl halides is 3. The van der Waals surface area contributed by atoms with Gasteiger partial charge >= 0.3 is 6.18 Å². The van der Waals surface area contributed by atoms with Gasteiger partial charge in [-0.25, -0.2) is 0 Å². The summed E-state index contributed by atoms with van der Waals surface area (Å²) < 4.78 is 41.2. The molecule has 1 aromatic carbocycles. The Morgan fingerprint density at radius 3 is 2.33 bits per heavy atom. The molecule has 5 heteroatoms. The van der Waals surface area contributed by atoms with E-state index in [9.17, 15) is 13.2 Å². The normalized spacial score (nSPS) is 11.7. The van der Waals surface area contributed by atoms with Crippen molar-refractivity contribution in [2.24, 2.45) is 0 Å². The molecule has 15 heavy (non-hydrogen) atoms. The predicted octanol–water partition coefficient (Wildman–Crippen LogP) is 3.83. The lowest BCUT2D eigenvalue weighted by molar-refractivity contribution is -0.133. The lowest BCUT2D eigenvalue weighted by Gasteiger charge is -2.05. The molecule has 0 aliphatic carbocycles. The van der Waals surface area contributed by atoms with Crippen molar-refractivity contribution in [1.29, 1.82) is 0 Å². The van der Waals surface area contributed by atoms with Gasteiger partial charge in [0.05, 0.1) is 0 Å². The van der Waals surface area contributed by atoms with Gasteiger partial charge in [-0.1, -0.05) is 30.3 Å². The lowest BCUT2D eigenvalue weighted by Crippen LogP contribution is -2.03. The van der Waals surface area contributed by atoms with Gasteiger partial charge in [-0.2, -0.15) is 17.5 Å². The first kappa shape index (κ1) is 10.2. The van der Waals surface area contributed by atoms with Gasteiger partial charge in [-0.3, -0.25) is 0 Å². The number of rotatable bonds is 1. The molecule has 0 unspecified atom stereocenters. The highest BCUT2D eigenvalue weighted by molar-refractivity contribution is 7.06. The van der Waals surface area contributed by atoms with E-state index in [-0.39, 0.29) is 5.56 Å². The molecular weight excluding hydrogens is 223 g/mol. The Morgan fingerprint density at radius 2 is 1.73 bits per heavy atom. The highest BCUT2D eigenvalue weighted by atomic mass is 32.1. The molecule has 0 radical (unpaired) electrons. The average Bonchev–Trinajstić information content (AvgIpc) is 2.67. The third-order valence-corrected chi connectivity index (χ3v) is 2.76. The van der Waals surface area contributed by atoms with Gasteiger partial charge in [0.1, 0.15) is 4.88 Å². The van der Waals surface area contributed by atoms with Gasteiger partial charge in [-0.05, 0) is 17.1 Å². The maximum absolute atomic E-state index is 12.5. The van der Waals surface area contributed by atoms with E-state index in [1.54, 1.807) is 30.3 Å². The van der Waals surface area contributed by atoms with Crippen LogP contribution in [0, 0.1) is 0 Å². The zero-order valence-corrected chi connectivity index (χ0v) is 8.27. The third-order valence-electron chi connectivity index (χ3n) is 1.91. The summed E-state index contributed by atoms with van der Waals surface area (Å²) in [5, 5.41) is 0. The number of benzene rings is 1. The van der Waals surface area contributed by atoms with Crippen LogP contribution in [0.1, 0.15) is 4.88 Å². The van der Waals surface area contributed by atoms with Crippen LogP contribution in [-0.4, -0.2) is 4.37 Å². The Hall–Kier alpha value is -1.36. The largest absolute Gasteiger partial charge is 0.427 e. The van der Waals surface area contributed by atoms with E-state index in [0.29, 0.717) is 17.1 Å². The monoisotopic (exact) mass is 229 g/mol. The maximum atomic E-state index is 12.5. The lowest BCUT2D eigenvalue weighted by atomic mass is 10.1. The predicted molar refractivity (Wildman–Crippen MR) is 52.6 cm³/mol. The Bertz CT molecular complexity index is 447. The molecule has 78 valence electrons. The van der Waals surface area contributed by atoms with E-state index in [4.69, 9.17) is 0 Å². The van der Waals surface area contributed by atoms with E-state index in [2.05, 4.69) is 4.37 Å². The highest BCUT2D eigenvalue weighted by Gasteiger charge is 2.35. The minimum Gasteiger partial charge on any atom is -0.200 e. The zero-order valence-electron chi connectivity index (χ0n) is 7.45. The second-order valence-corrected chi connectivity index (χ2v) is 3.73. The summed E-state index contributed by atoms with van der Waals surface area (Å²) in [6.07, 6.45) is -3.07. The van der Waals surface area contributed by atoms with Crippen LogP contribution in [0.2, 0.25) is 0 Å². The summed E-state index contributed by atoms with van der Waals surface area (Å²) in [6.45, 7) is 0. The molecule has 0 aliphatic heterocycles. The summed E-state index contributed by atoms with van der Waals surface area (Å²) in [7, 11) is 0. The molecule has 0 spiro atoms. The molecular formula is C10H6F3NS. The molecule has 1 aromatic heterocycles. The van der Waals surface area contributed by atoms with E-state index in [0.717, 1.165) is 0 Å². The zero-order chi connectivity index (χ0) is 10.9. The molecule has 2 rings (SSSR count). The Morgan fingerprint density at radius 1 is 1.07 bits per heavy atom. The molecule has 1 heterocycles. The summed E-state index contributed by atoms with van der Waals surface area (Å²) in [6, 6.07) is 8.44. The summed E-state index contributed by atoms with van der Waals surface area (Å²) >= 11 is 0.476. The van der Waals surface area contributed by atoms with E-state index in [1.807, 2.05) is 0 Å². The first-order valence-corrected chi connectivity index (χ1v) is 4.93. The summed E-state index contributed by atoms with van der Waals surface area (Å²) in [5.41, 5.74) is 0.687. The molecule has 0 atom stereocenters. The molecule has 0 bridgehead atoms. The highest BCUT2D eigenvalue weighted by Crippen LogP contribution is 2.39. The van der Waals surface area contributed by atoms with Gasteiger partial charge in [0, 0.05) is 11.8 Å². The number of hydrogen-bond acceptors (Lipinski definition) is 2. The van der Waals surface area contributed by atoms with Gasteiger partial charge in [0.25, 0.3) is 0 Å². The molecule has 1 nitrogen and oxygen atoms in total. The fraction of sp³-hybridized carbons (Fsp3) is 0.100. The minimum absolute atomic E-state index is 0.146. The van der Waals surface area contributed by atoms with Crippen molar-refractivity contribution in [2.75, 3.05) is 0 Å². The van der Waals surface area contributed by atoms with Crippen molar-refractivity contribution < 1.29 is 13.2 Å². The van der Waals surface area contributed by atoms with Crippen molar-refractivity contribution in [1.82, 2.24) is 4.37 Å². The topological polar surface area (TPSA) is 12.9 Å². The van der Waals surface area contributed by atoms with Crippen LogP contribution >= 0.6 is 11.5 Å². The van der Waals surface area contributed by atoms with Crippen molar-refractivity contribution in [3.05, 3.63) is 41.4 Å². The Balaban J connectivity index is 2.51. The summed E-state index contributed by atoms with van der Waals surface area (Å²) in [5.74, 6) is 0. The van der Waals surface area contributed by atoms with Gasteiger partial charge in [0.15, 0.2) is 0 Å². The van der Waals surface area contributed by atoms with E-state index >= 15 is 0 Å². The van der Waals surface area contributed by atoms with Crippen LogP contribution in [0.3, 0.4) is 0 Å². The molecule has 0 fully saturated rings. The maximum Gasteiger partial charge on any atom is 0.427 e. The van der Waals surface area contributed by atoms with Crippen molar-refractivity contribution >= 4 is 11.5 Å². The second-order valence-electron chi connectivity index (χ2n) is 2.93. The number of halogens is 3. The van der Waals surface area contributed by atoms with Crippen molar-refractivity contribution in [2.45, 2.75) is 6.18 Å². The van der Waals surface area contributed by atoms with Gasteiger partial charge in [-0.15, -0.1) is 0 Å². The molecule has 0 amide bonds. The quantitative estimate of drug-likeness (QED) is 0.724. The minimum atomic E-state index is -4.33. The Kier molecular flexibility index (Phi) is 2.48. The van der Waals surface area contributed by atoms with Crippen molar-refractivity contribution in [3.8, 4) is 11.1 Å². The second kappa shape index (κ2) is 3.66. The average molecular weight is 229 g/mol. The molecule has 0 N–H and O–H groups in total. The molecule has 0 aliphatic rings. The fourth-order valence-corrected chi connectivity index (χ4v) is 1.90. The molecule has 0 saturated heterocycles. The molecule has 0 saturated carbocycles. The number of nitrogens with zero attached hydrogens (tertiary/aromatic N) is 1. The standard InChI is InChI=1S/C10H6F3NS/c11-10(12,13)9-8(6-14-15-9)7-4-2-1-3-5-7/h1-6H. The summed E-state index contributed by atoms with van der Waals surface area (Å²) in [4.78, 5) is -0.645. The van der Waals surface area contributed by atoms with Crippen LogP contribution in [0.5, 0.6) is 0 Å². The Labute approximate surface area is 88.4 Å². The first-order valence-electron chi connectivity index (χ1n) is 4.16. The van der Waals surface area contributed by atoms with Crippen LogP contribution in [0.15, 0.2) is 36.5 Å². The smallest absolute Gasteiger partial charge is 0.200 e. The number of hydrogen-bond donors (Lipinski definition) is 0. The third kappa shape index (κ3) is 2.02. The van der Waals surface area contributed by atoms with Crippen LogP contribution in [0.25, 0.3) is 11.1 Å². The van der Waals surface area contributed by atoms with Crippen LogP contribution in [0.4, 0.5) is 13.2 Å². The van der Waals surface area contributed by atoms with E-state index < -0.39 is 11.1 Å². The number of aromatic nitrogens is 1. The van der Waals surface area contributed by atoms with E-state index in [1.165, 1.54) is 6.20 Å². The van der Waals surface area contributed by atoms with Gasteiger partial charge < -0.3 is 0 Å². The molecule has 2 aromatic rings. The fourth-order valence-electron chi connectivity index (χ4n) is 1.27. The SMILES string of the molecule is FC(F)(F)c1sncc1-c1ccccc1. The van der Waals surface area contributed by atoms with Gasteiger partial charge in [0.2, 0.25) is 0 Å². The first-order chi connectivity index (χ1) is 7.09. The van der Waals surface area contributed by atoms with Crippen molar-refractivity contribution in [3.63, 3.8) is 0 Å². The van der Waals surface area contributed by atoms with Crippen LogP contribution in [-0.2, 0) is 6.18 Å². The van der Waals surface area contributed by atoms with Crippen LogP contribution < -0.4 is 0 Å².